The Hall–Kier alpha value is -5.33. The SMILES string of the molecule is C=CC(=O)OCCCc1cc(-c2ccc(OCCCCCCCC)c(F)c2)ccc1OCC(COC(=O)C(=C)C)(COC(=O)C(C)=O)COC(=O)C(C)=O. The summed E-state index contributed by atoms with van der Waals surface area (Å²) in [5, 5.41) is 0. The largest absolute Gasteiger partial charge is 0.492 e. The fourth-order valence-electron chi connectivity index (χ4n) is 4.91. The maximum atomic E-state index is 15.2. The summed E-state index contributed by atoms with van der Waals surface area (Å²) in [6.45, 7) is 10.8. The monoisotopic (exact) mass is 754 g/mol. The first-order valence-electron chi connectivity index (χ1n) is 17.9. The van der Waals surface area contributed by atoms with Crippen LogP contribution in [0.4, 0.5) is 4.39 Å². The molecule has 0 aliphatic heterocycles. The molecule has 0 saturated carbocycles. The predicted octanol–water partition coefficient (Wildman–Crippen LogP) is 6.64. The van der Waals surface area contributed by atoms with Gasteiger partial charge >= 0.3 is 23.9 Å². The quantitative estimate of drug-likeness (QED) is 0.0332. The van der Waals surface area contributed by atoms with E-state index >= 15 is 4.39 Å². The first-order chi connectivity index (χ1) is 25.7. The van der Waals surface area contributed by atoms with Gasteiger partial charge in [0.15, 0.2) is 11.6 Å². The number of esters is 4. The highest BCUT2D eigenvalue weighted by molar-refractivity contribution is 6.32. The number of rotatable bonds is 26. The number of benzene rings is 2. The number of ether oxygens (including phenoxy) is 6. The maximum absolute atomic E-state index is 15.2. The van der Waals surface area contributed by atoms with Gasteiger partial charge in [-0.25, -0.2) is 23.6 Å². The number of carbonyl (C=O) groups excluding carboxylic acids is 6. The van der Waals surface area contributed by atoms with Gasteiger partial charge in [-0.1, -0.05) is 64.3 Å². The van der Waals surface area contributed by atoms with E-state index < -0.39 is 73.1 Å². The standard InChI is InChI=1S/C41H51FO12/c1-7-9-10-11-12-13-20-49-36-19-17-32(23-34(36)42)31-16-18-35(33(22-31)15-14-21-50-37(45)8-2)51-24-41(25-52-38(46)28(3)4,26-53-39(47)29(5)43)27-54-40(48)30(6)44/h8,16-19,22-23H,2-3,7,9-15,20-21,24-27H2,1,4-6H3. The highest BCUT2D eigenvalue weighted by Crippen LogP contribution is 2.32. The fourth-order valence-corrected chi connectivity index (χ4v) is 4.91. The van der Waals surface area contributed by atoms with E-state index in [1.54, 1.807) is 30.3 Å². The Labute approximate surface area is 316 Å². The van der Waals surface area contributed by atoms with E-state index in [0.717, 1.165) is 45.6 Å². The Kier molecular flexibility index (Phi) is 19.4. The van der Waals surface area contributed by atoms with Crippen molar-refractivity contribution >= 4 is 35.4 Å². The number of Topliss-reactive ketones (excluding diaryl/α,β-unsaturated/α-hetero) is 2. The van der Waals surface area contributed by atoms with Crippen molar-refractivity contribution in [3.8, 4) is 22.6 Å². The number of hydrogen-bond acceptors (Lipinski definition) is 12. The normalized spacial score (nSPS) is 10.8. The molecule has 0 bridgehead atoms. The van der Waals surface area contributed by atoms with E-state index in [1.807, 2.05) is 0 Å². The van der Waals surface area contributed by atoms with E-state index in [0.29, 0.717) is 41.9 Å². The summed E-state index contributed by atoms with van der Waals surface area (Å²) in [4.78, 5) is 71.7. The van der Waals surface area contributed by atoms with Gasteiger partial charge in [0.25, 0.3) is 0 Å². The number of ketones is 2. The van der Waals surface area contributed by atoms with Crippen LogP contribution < -0.4 is 9.47 Å². The lowest BCUT2D eigenvalue weighted by Gasteiger charge is -2.32. The average molecular weight is 755 g/mol. The Balaban J connectivity index is 2.43. The second-order valence-electron chi connectivity index (χ2n) is 13.0. The van der Waals surface area contributed by atoms with Crippen molar-refractivity contribution in [3.05, 3.63) is 72.6 Å². The van der Waals surface area contributed by atoms with Crippen LogP contribution in [0.3, 0.4) is 0 Å². The summed E-state index contributed by atoms with van der Waals surface area (Å²) >= 11 is 0. The van der Waals surface area contributed by atoms with Crippen LogP contribution in [0.25, 0.3) is 11.1 Å². The van der Waals surface area contributed by atoms with Gasteiger partial charge in [-0.3, -0.25) is 9.59 Å². The second kappa shape index (κ2) is 23.4. The second-order valence-corrected chi connectivity index (χ2v) is 13.0. The molecule has 0 radical (unpaired) electrons. The third-order valence-corrected chi connectivity index (χ3v) is 8.07. The molecule has 0 fully saturated rings. The Morgan fingerprint density at radius 1 is 0.667 bits per heavy atom. The molecule has 0 atom stereocenters. The van der Waals surface area contributed by atoms with Crippen molar-refractivity contribution in [1.82, 2.24) is 0 Å². The minimum Gasteiger partial charge on any atom is -0.492 e. The van der Waals surface area contributed by atoms with Gasteiger partial charge < -0.3 is 28.4 Å². The summed E-state index contributed by atoms with van der Waals surface area (Å²) in [6.07, 6.45) is 8.19. The molecule has 12 nitrogen and oxygen atoms in total. The lowest BCUT2D eigenvalue weighted by atomic mass is 9.91. The number of unbranched alkanes of at least 4 members (excludes halogenated alkanes) is 5. The number of halogens is 1. The highest BCUT2D eigenvalue weighted by Gasteiger charge is 2.38. The molecule has 0 unspecified atom stereocenters. The zero-order chi connectivity index (χ0) is 40.1. The summed E-state index contributed by atoms with van der Waals surface area (Å²) in [5.74, 6) is -5.70. The minimum atomic E-state index is -1.61. The van der Waals surface area contributed by atoms with Crippen LogP contribution in [0.2, 0.25) is 0 Å². The molecule has 0 aromatic heterocycles. The molecule has 0 saturated heterocycles. The molecular formula is C41H51FO12. The molecule has 0 amide bonds. The zero-order valence-electron chi connectivity index (χ0n) is 31.6. The van der Waals surface area contributed by atoms with Crippen LogP contribution in [0.15, 0.2) is 61.2 Å². The zero-order valence-corrected chi connectivity index (χ0v) is 31.6. The Morgan fingerprint density at radius 3 is 1.78 bits per heavy atom. The number of hydrogen-bond donors (Lipinski definition) is 0. The van der Waals surface area contributed by atoms with Gasteiger partial charge in [-0.15, -0.1) is 0 Å². The summed E-state index contributed by atoms with van der Waals surface area (Å²) in [6, 6.07) is 9.76. The molecule has 2 rings (SSSR count). The van der Waals surface area contributed by atoms with Gasteiger partial charge in [-0.2, -0.15) is 0 Å². The lowest BCUT2D eigenvalue weighted by molar-refractivity contribution is -0.168. The van der Waals surface area contributed by atoms with Crippen molar-refractivity contribution in [2.24, 2.45) is 5.41 Å². The van der Waals surface area contributed by atoms with Gasteiger partial charge in [0, 0.05) is 25.5 Å². The van der Waals surface area contributed by atoms with Gasteiger partial charge in [0.2, 0.25) is 11.6 Å². The molecule has 0 spiro atoms. The van der Waals surface area contributed by atoms with Crippen molar-refractivity contribution in [3.63, 3.8) is 0 Å². The van der Waals surface area contributed by atoms with Crippen LogP contribution in [-0.4, -0.2) is 75.1 Å². The molecule has 0 aliphatic rings. The molecule has 13 heteroatoms. The van der Waals surface area contributed by atoms with E-state index in [1.165, 1.54) is 25.8 Å². The van der Waals surface area contributed by atoms with E-state index in [2.05, 4.69) is 20.1 Å². The van der Waals surface area contributed by atoms with Crippen LogP contribution in [0.5, 0.6) is 11.5 Å². The van der Waals surface area contributed by atoms with E-state index in [4.69, 9.17) is 28.4 Å². The molecule has 0 N–H and O–H groups in total. The van der Waals surface area contributed by atoms with E-state index in [9.17, 15) is 28.8 Å². The van der Waals surface area contributed by atoms with Crippen LogP contribution >= 0.6 is 0 Å². The van der Waals surface area contributed by atoms with Crippen LogP contribution in [-0.2, 0) is 54.1 Å². The molecule has 54 heavy (non-hydrogen) atoms. The van der Waals surface area contributed by atoms with Gasteiger partial charge in [0.1, 0.15) is 37.6 Å². The maximum Gasteiger partial charge on any atom is 0.374 e. The van der Waals surface area contributed by atoms with Crippen molar-refractivity contribution < 1.29 is 61.6 Å². The molecule has 2 aromatic carbocycles. The van der Waals surface area contributed by atoms with Crippen LogP contribution in [0.1, 0.15) is 78.2 Å². The first kappa shape index (κ1) is 44.8. The van der Waals surface area contributed by atoms with Gasteiger partial charge in [0.05, 0.1) is 13.2 Å². The summed E-state index contributed by atoms with van der Waals surface area (Å²) in [5.41, 5.74) is 0.230. The number of carbonyl (C=O) groups is 6. The lowest BCUT2D eigenvalue weighted by Crippen LogP contribution is -2.45. The molecule has 0 aliphatic carbocycles. The van der Waals surface area contributed by atoms with Gasteiger partial charge in [-0.05, 0) is 67.1 Å². The third kappa shape index (κ3) is 15.7. The van der Waals surface area contributed by atoms with E-state index in [-0.39, 0.29) is 17.9 Å². The fraction of sp³-hybridized carbons (Fsp3) is 0.463. The molecule has 2 aromatic rings. The minimum absolute atomic E-state index is 0.0511. The highest BCUT2D eigenvalue weighted by atomic mass is 19.1. The van der Waals surface area contributed by atoms with Crippen molar-refractivity contribution in [2.45, 2.75) is 79.1 Å². The molecular weight excluding hydrogens is 703 g/mol. The van der Waals surface area contributed by atoms with Crippen molar-refractivity contribution in [2.75, 3.05) is 39.6 Å². The molecule has 294 valence electrons. The predicted molar refractivity (Wildman–Crippen MR) is 197 cm³/mol. The Bertz CT molecular complexity index is 1570. The number of aryl methyl sites for hydroxylation is 1. The summed E-state index contributed by atoms with van der Waals surface area (Å²) in [7, 11) is 0. The summed E-state index contributed by atoms with van der Waals surface area (Å²) < 4.78 is 47.9. The smallest absolute Gasteiger partial charge is 0.374 e. The van der Waals surface area contributed by atoms with Crippen molar-refractivity contribution in [1.29, 1.82) is 0 Å². The molecule has 0 heterocycles. The average Bonchev–Trinajstić information content (AvgIpc) is 3.15. The van der Waals surface area contributed by atoms with Crippen LogP contribution in [0, 0.1) is 11.2 Å². The first-order valence-corrected chi connectivity index (χ1v) is 17.9. The topological polar surface area (TPSA) is 158 Å². The Morgan fingerprint density at radius 2 is 1.22 bits per heavy atom. The third-order valence-electron chi connectivity index (χ3n) is 8.07.